The molecule has 1 aromatic carbocycles. The Bertz CT molecular complexity index is 1850. The second-order valence-corrected chi connectivity index (χ2v) is 12.5. The Kier molecular flexibility index (Phi) is 7.35. The molecule has 45 heavy (non-hydrogen) atoms. The summed E-state index contributed by atoms with van der Waals surface area (Å²) in [5.74, 6) is -4.95. The summed E-state index contributed by atoms with van der Waals surface area (Å²) < 4.78 is 51.2. The predicted octanol–water partition coefficient (Wildman–Crippen LogP) is 5.40. The molecule has 0 amide bonds. The number of aryl methyl sites for hydroxylation is 2. The number of alkyl halides is 2. The minimum Gasteiger partial charge on any atom is -0.363 e. The Morgan fingerprint density at radius 1 is 1.07 bits per heavy atom. The van der Waals surface area contributed by atoms with Crippen LogP contribution in [0.1, 0.15) is 73.9 Å². The molecule has 2 fully saturated rings. The number of anilines is 1. The van der Waals surface area contributed by atoms with Crippen molar-refractivity contribution in [2.75, 3.05) is 18.4 Å². The maximum atomic E-state index is 16.0. The third-order valence-electron chi connectivity index (χ3n) is 9.62. The van der Waals surface area contributed by atoms with Crippen molar-refractivity contribution in [2.45, 2.75) is 82.6 Å². The van der Waals surface area contributed by atoms with Crippen molar-refractivity contribution in [3.8, 4) is 0 Å². The molecule has 4 aromatic rings. The van der Waals surface area contributed by atoms with Gasteiger partial charge in [0.25, 0.3) is 17.0 Å². The van der Waals surface area contributed by atoms with Crippen LogP contribution in [0, 0.1) is 18.3 Å². The summed E-state index contributed by atoms with van der Waals surface area (Å²) in [6.07, 6.45) is 6.22. The Morgan fingerprint density at radius 3 is 2.60 bits per heavy atom. The highest BCUT2D eigenvalue weighted by atomic mass is 19.3. The molecule has 1 N–H and O–H groups in total. The number of aromatic nitrogens is 6. The van der Waals surface area contributed by atoms with Crippen molar-refractivity contribution in [3.05, 3.63) is 86.8 Å². The minimum atomic E-state index is -3.35. The van der Waals surface area contributed by atoms with E-state index in [-0.39, 0.29) is 24.0 Å². The van der Waals surface area contributed by atoms with Gasteiger partial charge in [-0.3, -0.25) is 18.9 Å². The topological polar surface area (TPSA) is 98.1 Å². The number of nitrogens with one attached hydrogen (secondary N) is 1. The van der Waals surface area contributed by atoms with Crippen molar-refractivity contribution in [3.63, 3.8) is 0 Å². The van der Waals surface area contributed by atoms with Gasteiger partial charge in [0.1, 0.15) is 29.2 Å². The molecule has 3 aromatic heterocycles. The molecule has 13 heteroatoms. The second-order valence-electron chi connectivity index (χ2n) is 12.5. The molecule has 1 saturated heterocycles. The summed E-state index contributed by atoms with van der Waals surface area (Å²) in [5.41, 5.74) is -0.0978. The Morgan fingerprint density at radius 2 is 1.84 bits per heavy atom. The quantitative estimate of drug-likeness (QED) is 0.286. The fourth-order valence-corrected chi connectivity index (χ4v) is 6.79. The van der Waals surface area contributed by atoms with E-state index >= 15 is 13.2 Å². The van der Waals surface area contributed by atoms with Gasteiger partial charge < -0.3 is 10.2 Å². The molecule has 0 spiro atoms. The number of piperidine rings is 1. The predicted molar refractivity (Wildman–Crippen MR) is 161 cm³/mol. The number of halogens is 3. The van der Waals surface area contributed by atoms with Crippen LogP contribution in [0.2, 0.25) is 0 Å². The molecular formula is C32H34F3N9O. The molecule has 1 aliphatic carbocycles. The SMILES string of the molecule is [C-]#[N+]C1(c2cc3c4ncnc3n(c2=O)CCCCn2cc(nn2)CN2CCC(CC2)C(F)(F)c2cccc(c2F)[C@@H](C)N4)CC1. The van der Waals surface area contributed by atoms with Crippen molar-refractivity contribution < 1.29 is 13.2 Å². The standard InChI is InChI=1S/C32H34F3N9O/c1-20-23-6-5-7-25(27(23)33)32(34,35)21-8-14-42(15-9-21)17-22-18-43(41-40-22)12-3-4-13-44-29-24(28(39-20)37-19-38-29)16-26(30(44)45)31(36-2)10-11-31/h5-7,16,18-21H,3-4,8-15,17H2,1H3,(H,37,38,39)/t20-/m1/s1. The van der Waals surface area contributed by atoms with E-state index in [9.17, 15) is 4.79 Å². The molecule has 0 radical (unpaired) electrons. The molecule has 234 valence electrons. The normalized spacial score (nSPS) is 24.3. The van der Waals surface area contributed by atoms with E-state index in [4.69, 9.17) is 6.57 Å². The molecule has 3 aliphatic heterocycles. The lowest BCUT2D eigenvalue weighted by molar-refractivity contribution is -0.0886. The van der Waals surface area contributed by atoms with E-state index in [0.717, 1.165) is 12.1 Å². The Labute approximate surface area is 258 Å². The van der Waals surface area contributed by atoms with Crippen LogP contribution in [0.25, 0.3) is 15.9 Å². The maximum absolute atomic E-state index is 16.0. The van der Waals surface area contributed by atoms with Gasteiger partial charge in [0.15, 0.2) is 0 Å². The van der Waals surface area contributed by atoms with Crippen LogP contribution in [0.15, 0.2) is 41.6 Å². The van der Waals surface area contributed by atoms with Crippen LogP contribution in [-0.4, -0.2) is 47.5 Å². The van der Waals surface area contributed by atoms with Gasteiger partial charge in [0.05, 0.1) is 22.7 Å². The van der Waals surface area contributed by atoms with E-state index in [1.165, 1.54) is 24.5 Å². The lowest BCUT2D eigenvalue weighted by Gasteiger charge is -2.36. The van der Waals surface area contributed by atoms with Gasteiger partial charge in [-0.2, -0.15) is 0 Å². The maximum Gasteiger partial charge on any atom is 0.278 e. The lowest BCUT2D eigenvalue weighted by atomic mass is 9.85. The fourth-order valence-electron chi connectivity index (χ4n) is 6.79. The first-order chi connectivity index (χ1) is 21.7. The van der Waals surface area contributed by atoms with Gasteiger partial charge >= 0.3 is 0 Å². The molecule has 10 bridgehead atoms. The van der Waals surface area contributed by atoms with Crippen LogP contribution in [0.5, 0.6) is 0 Å². The van der Waals surface area contributed by atoms with Crippen molar-refractivity contribution >= 4 is 16.9 Å². The van der Waals surface area contributed by atoms with Crippen LogP contribution in [-0.2, 0) is 31.1 Å². The number of hydrogen-bond acceptors (Lipinski definition) is 7. The van der Waals surface area contributed by atoms with E-state index in [1.807, 2.05) is 6.20 Å². The van der Waals surface area contributed by atoms with E-state index < -0.39 is 34.8 Å². The monoisotopic (exact) mass is 617 g/mol. The third kappa shape index (κ3) is 5.24. The summed E-state index contributed by atoms with van der Waals surface area (Å²) in [4.78, 5) is 28.5. The van der Waals surface area contributed by atoms with Gasteiger partial charge in [-0.25, -0.2) is 29.7 Å². The van der Waals surface area contributed by atoms with E-state index in [0.29, 0.717) is 74.4 Å². The fraction of sp³-hybridized carbons (Fsp3) is 0.500. The van der Waals surface area contributed by atoms with Crippen molar-refractivity contribution in [1.82, 2.24) is 34.4 Å². The molecule has 8 rings (SSSR count). The first-order valence-electron chi connectivity index (χ1n) is 15.5. The summed E-state index contributed by atoms with van der Waals surface area (Å²) in [6.45, 7) is 11.9. The minimum absolute atomic E-state index is 0.0926. The highest BCUT2D eigenvalue weighted by Gasteiger charge is 2.55. The van der Waals surface area contributed by atoms with Crippen LogP contribution >= 0.6 is 0 Å². The number of nitrogens with zero attached hydrogens (tertiary/aromatic N) is 8. The van der Waals surface area contributed by atoms with E-state index in [1.54, 1.807) is 22.2 Å². The zero-order valence-electron chi connectivity index (χ0n) is 25.0. The smallest absolute Gasteiger partial charge is 0.278 e. The zero-order chi connectivity index (χ0) is 31.3. The molecule has 0 unspecified atom stereocenters. The van der Waals surface area contributed by atoms with Gasteiger partial charge in [-0.05, 0) is 51.8 Å². The largest absolute Gasteiger partial charge is 0.363 e. The average Bonchev–Trinajstić information content (AvgIpc) is 3.71. The Hall–Kier alpha value is -4.31. The first kappa shape index (κ1) is 29.4. The summed E-state index contributed by atoms with van der Waals surface area (Å²) >= 11 is 0. The lowest BCUT2D eigenvalue weighted by Crippen LogP contribution is -2.39. The highest BCUT2D eigenvalue weighted by Crippen LogP contribution is 2.49. The third-order valence-corrected chi connectivity index (χ3v) is 9.62. The molecule has 1 saturated carbocycles. The molecular weight excluding hydrogens is 583 g/mol. The average molecular weight is 618 g/mol. The highest BCUT2D eigenvalue weighted by molar-refractivity contribution is 5.87. The Balaban J connectivity index is 1.32. The number of hydrogen-bond donors (Lipinski definition) is 1. The zero-order valence-corrected chi connectivity index (χ0v) is 25.0. The van der Waals surface area contributed by atoms with Crippen LogP contribution in [0.4, 0.5) is 19.0 Å². The molecule has 10 nitrogen and oxygen atoms in total. The number of fused-ring (bicyclic) bond motifs is 6. The van der Waals surface area contributed by atoms with Crippen LogP contribution in [0.3, 0.4) is 0 Å². The van der Waals surface area contributed by atoms with Crippen molar-refractivity contribution in [1.29, 1.82) is 0 Å². The number of benzene rings is 1. The first-order valence-corrected chi connectivity index (χ1v) is 15.5. The van der Waals surface area contributed by atoms with Crippen molar-refractivity contribution in [2.24, 2.45) is 5.92 Å². The molecule has 4 aliphatic rings. The summed E-state index contributed by atoms with van der Waals surface area (Å²) in [6, 6.07) is 5.10. The molecule has 1 atom stereocenters. The van der Waals surface area contributed by atoms with Gasteiger partial charge in [0.2, 0.25) is 0 Å². The molecule has 6 heterocycles. The van der Waals surface area contributed by atoms with Gasteiger partial charge in [-0.15, -0.1) is 5.10 Å². The van der Waals surface area contributed by atoms with Crippen LogP contribution < -0.4 is 10.9 Å². The second kappa shape index (κ2) is 11.2. The van der Waals surface area contributed by atoms with Gasteiger partial charge in [0, 0.05) is 50.2 Å². The number of pyridine rings is 1. The summed E-state index contributed by atoms with van der Waals surface area (Å²) in [5, 5.41) is 12.3. The number of rotatable bonds is 1. The van der Waals surface area contributed by atoms with Gasteiger partial charge in [-0.1, -0.05) is 23.4 Å². The van der Waals surface area contributed by atoms with E-state index in [2.05, 4.69) is 35.3 Å². The summed E-state index contributed by atoms with van der Waals surface area (Å²) in [7, 11) is 0.